The van der Waals surface area contributed by atoms with E-state index in [1.54, 1.807) is 11.3 Å². The molecule has 28 heavy (non-hydrogen) atoms. The Balaban J connectivity index is 1.45. The molecule has 1 aliphatic carbocycles. The second-order valence-electron chi connectivity index (χ2n) is 7.16. The van der Waals surface area contributed by atoms with Gasteiger partial charge in [0.25, 0.3) is 5.56 Å². The predicted octanol–water partition coefficient (Wildman–Crippen LogP) is 4.56. The average Bonchev–Trinajstić information content (AvgIpc) is 3.32. The van der Waals surface area contributed by atoms with Crippen molar-refractivity contribution in [2.75, 3.05) is 0 Å². The lowest BCUT2D eigenvalue weighted by Crippen LogP contribution is -2.10. The molecule has 0 unspecified atom stereocenters. The highest BCUT2D eigenvalue weighted by atomic mass is 32.2. The summed E-state index contributed by atoms with van der Waals surface area (Å²) in [7, 11) is 0. The molecular formula is C20H19N5OS2. The van der Waals surface area contributed by atoms with Gasteiger partial charge < -0.3 is 4.98 Å². The molecule has 142 valence electrons. The number of aryl methyl sites for hydroxylation is 2. The van der Waals surface area contributed by atoms with E-state index < -0.39 is 0 Å². The number of thioether (sulfide) groups is 1. The van der Waals surface area contributed by atoms with E-state index >= 15 is 0 Å². The van der Waals surface area contributed by atoms with Crippen molar-refractivity contribution in [3.63, 3.8) is 0 Å². The van der Waals surface area contributed by atoms with Crippen LogP contribution in [-0.2, 0) is 5.75 Å². The van der Waals surface area contributed by atoms with Crippen molar-refractivity contribution in [2.24, 2.45) is 0 Å². The largest absolute Gasteiger partial charge is 0.309 e. The van der Waals surface area contributed by atoms with Gasteiger partial charge >= 0.3 is 0 Å². The molecule has 0 radical (unpaired) electrons. The lowest BCUT2D eigenvalue weighted by molar-refractivity contribution is 0.931. The highest BCUT2D eigenvalue weighted by molar-refractivity contribution is 7.98. The first-order valence-electron chi connectivity index (χ1n) is 9.23. The molecule has 0 amide bonds. The first-order valence-corrected chi connectivity index (χ1v) is 11.0. The summed E-state index contributed by atoms with van der Waals surface area (Å²) in [5.74, 6) is 2.70. The number of hydrogen-bond donors (Lipinski definition) is 2. The summed E-state index contributed by atoms with van der Waals surface area (Å²) in [5.41, 5.74) is 3.14. The normalized spacial score (nSPS) is 14.1. The molecular weight excluding hydrogens is 390 g/mol. The van der Waals surface area contributed by atoms with Gasteiger partial charge in [-0.15, -0.1) is 16.4 Å². The topological polar surface area (TPSA) is 87.3 Å². The number of hydrogen-bond acceptors (Lipinski definition) is 6. The molecule has 1 fully saturated rings. The molecule has 3 aromatic heterocycles. The monoisotopic (exact) mass is 409 g/mol. The summed E-state index contributed by atoms with van der Waals surface area (Å²) in [4.78, 5) is 26.9. The van der Waals surface area contributed by atoms with Gasteiger partial charge in [-0.2, -0.15) is 0 Å². The van der Waals surface area contributed by atoms with Gasteiger partial charge in [0.05, 0.1) is 11.1 Å². The number of fused-ring (bicyclic) bond motifs is 1. The van der Waals surface area contributed by atoms with Crippen LogP contribution in [0.3, 0.4) is 0 Å². The maximum atomic E-state index is 12.9. The fourth-order valence-corrected chi connectivity index (χ4v) is 5.03. The minimum Gasteiger partial charge on any atom is -0.309 e. The van der Waals surface area contributed by atoms with E-state index in [4.69, 9.17) is 4.98 Å². The van der Waals surface area contributed by atoms with Crippen LogP contribution >= 0.6 is 23.1 Å². The minimum atomic E-state index is -0.0887. The lowest BCUT2D eigenvalue weighted by Gasteiger charge is -2.03. The summed E-state index contributed by atoms with van der Waals surface area (Å²) in [5, 5.41) is 8.63. The smallest absolute Gasteiger partial charge is 0.260 e. The summed E-state index contributed by atoms with van der Waals surface area (Å²) in [6, 6.07) is 8.26. The molecule has 0 spiro atoms. The Bertz CT molecular complexity index is 1220. The van der Waals surface area contributed by atoms with Crippen LogP contribution in [0.15, 0.2) is 34.2 Å². The molecule has 5 rings (SSSR count). The molecule has 2 N–H and O–H groups in total. The second kappa shape index (κ2) is 6.86. The van der Waals surface area contributed by atoms with E-state index in [1.165, 1.54) is 30.2 Å². The number of thiophene rings is 1. The lowest BCUT2D eigenvalue weighted by atomic mass is 10.0. The Morgan fingerprint density at radius 2 is 1.96 bits per heavy atom. The van der Waals surface area contributed by atoms with Gasteiger partial charge in [-0.1, -0.05) is 41.6 Å². The molecule has 4 aromatic rings. The summed E-state index contributed by atoms with van der Waals surface area (Å²) >= 11 is 3.05. The fraction of sp³-hybridized carbons (Fsp3) is 0.300. The summed E-state index contributed by atoms with van der Waals surface area (Å²) in [6.45, 7) is 4.10. The zero-order valence-corrected chi connectivity index (χ0v) is 17.2. The van der Waals surface area contributed by atoms with Gasteiger partial charge in [0, 0.05) is 16.4 Å². The van der Waals surface area contributed by atoms with E-state index in [-0.39, 0.29) is 5.56 Å². The molecule has 1 saturated carbocycles. The standard InChI is InChI=1S/C20H19N5OS2/c1-10-3-5-12(6-4-10)15-11(2)28-19-16(15)18(26)21-14(22-19)9-27-20-23-17(24-25-20)13-7-8-13/h3-6,13H,7-9H2,1-2H3,(H,21,22,26)(H,23,24,25). The Morgan fingerprint density at radius 1 is 1.18 bits per heavy atom. The first-order chi connectivity index (χ1) is 13.6. The molecule has 0 atom stereocenters. The average molecular weight is 410 g/mol. The van der Waals surface area contributed by atoms with Crippen molar-refractivity contribution < 1.29 is 0 Å². The van der Waals surface area contributed by atoms with Crippen LogP contribution in [0, 0.1) is 13.8 Å². The Hall–Kier alpha value is -2.45. The Kier molecular flexibility index (Phi) is 4.32. The van der Waals surface area contributed by atoms with Gasteiger partial charge in [0.2, 0.25) is 5.16 Å². The van der Waals surface area contributed by atoms with Crippen LogP contribution in [0.5, 0.6) is 0 Å². The molecule has 8 heteroatoms. The van der Waals surface area contributed by atoms with E-state index in [9.17, 15) is 4.79 Å². The summed E-state index contributed by atoms with van der Waals surface area (Å²) in [6.07, 6.45) is 2.37. The number of nitrogens with zero attached hydrogens (tertiary/aromatic N) is 3. The van der Waals surface area contributed by atoms with Crippen molar-refractivity contribution >= 4 is 33.3 Å². The number of H-pyrrole nitrogens is 2. The summed E-state index contributed by atoms with van der Waals surface area (Å²) < 4.78 is 0. The molecule has 1 aromatic carbocycles. The maximum Gasteiger partial charge on any atom is 0.260 e. The van der Waals surface area contributed by atoms with E-state index in [2.05, 4.69) is 51.4 Å². The molecule has 6 nitrogen and oxygen atoms in total. The van der Waals surface area contributed by atoms with Crippen molar-refractivity contribution in [1.82, 2.24) is 25.1 Å². The predicted molar refractivity (Wildman–Crippen MR) is 113 cm³/mol. The third-order valence-corrected chi connectivity index (χ3v) is 6.77. The van der Waals surface area contributed by atoms with Crippen molar-refractivity contribution in [2.45, 2.75) is 43.5 Å². The number of nitrogens with one attached hydrogen (secondary N) is 2. The van der Waals surface area contributed by atoms with E-state index in [1.807, 2.05) is 6.92 Å². The fourth-order valence-electron chi connectivity index (χ4n) is 3.29. The zero-order valence-electron chi connectivity index (χ0n) is 15.6. The molecule has 0 aliphatic heterocycles. The van der Waals surface area contributed by atoms with Crippen LogP contribution in [0.25, 0.3) is 21.3 Å². The number of rotatable bonds is 5. The Morgan fingerprint density at radius 3 is 2.71 bits per heavy atom. The highest BCUT2D eigenvalue weighted by Crippen LogP contribution is 2.38. The van der Waals surface area contributed by atoms with E-state index in [0.717, 1.165) is 26.7 Å². The quantitative estimate of drug-likeness (QED) is 0.472. The van der Waals surface area contributed by atoms with Crippen LogP contribution < -0.4 is 5.56 Å². The van der Waals surface area contributed by atoms with Crippen LogP contribution in [0.1, 0.15) is 40.8 Å². The number of benzene rings is 1. The molecule has 0 saturated heterocycles. The van der Waals surface area contributed by atoms with Gasteiger partial charge in [0.1, 0.15) is 16.5 Å². The van der Waals surface area contributed by atoms with Gasteiger partial charge in [0.15, 0.2) is 0 Å². The van der Waals surface area contributed by atoms with Gasteiger partial charge in [-0.05, 0) is 32.3 Å². The number of aromatic amines is 2. The third kappa shape index (κ3) is 3.27. The molecule has 1 aliphatic rings. The van der Waals surface area contributed by atoms with Gasteiger partial charge in [-0.25, -0.2) is 9.97 Å². The maximum absolute atomic E-state index is 12.9. The van der Waals surface area contributed by atoms with Crippen molar-refractivity contribution in [1.29, 1.82) is 0 Å². The minimum absolute atomic E-state index is 0.0887. The van der Waals surface area contributed by atoms with Crippen molar-refractivity contribution in [3.8, 4) is 11.1 Å². The number of aromatic nitrogens is 5. The van der Waals surface area contributed by atoms with Crippen LogP contribution in [0.2, 0.25) is 0 Å². The van der Waals surface area contributed by atoms with Crippen LogP contribution in [-0.4, -0.2) is 25.1 Å². The third-order valence-electron chi connectivity index (χ3n) is 4.91. The van der Waals surface area contributed by atoms with Crippen molar-refractivity contribution in [3.05, 3.63) is 56.7 Å². The second-order valence-corrected chi connectivity index (χ2v) is 9.30. The highest BCUT2D eigenvalue weighted by Gasteiger charge is 2.27. The zero-order chi connectivity index (χ0) is 19.3. The SMILES string of the molecule is Cc1ccc(-c2c(C)sc3nc(CSc4n[nH]c(C5CC5)n4)[nH]c(=O)c23)cc1. The first kappa shape index (κ1) is 17.6. The molecule has 0 bridgehead atoms. The molecule has 3 heterocycles. The van der Waals surface area contributed by atoms with Crippen LogP contribution in [0.4, 0.5) is 0 Å². The van der Waals surface area contributed by atoms with Gasteiger partial charge in [-0.3, -0.25) is 9.89 Å². The van der Waals surface area contributed by atoms with E-state index in [0.29, 0.717) is 28.0 Å². The Labute approximate surface area is 169 Å².